The second kappa shape index (κ2) is 8.70. The van der Waals surface area contributed by atoms with Crippen LogP contribution in [0.3, 0.4) is 0 Å². The highest BCUT2D eigenvalue weighted by atomic mass is 32.2. The lowest BCUT2D eigenvalue weighted by Crippen LogP contribution is -2.27. The first-order valence-electron chi connectivity index (χ1n) is 10.0. The van der Waals surface area contributed by atoms with E-state index in [0.29, 0.717) is 46.6 Å². The average Bonchev–Trinajstić information content (AvgIpc) is 3.57. The van der Waals surface area contributed by atoms with Gasteiger partial charge in [0.2, 0.25) is 27.7 Å². The number of amides is 1. The van der Waals surface area contributed by atoms with Crippen LogP contribution in [0.5, 0.6) is 0 Å². The highest BCUT2D eigenvalue weighted by molar-refractivity contribution is 7.89. The number of nitrogens with one attached hydrogen (secondary N) is 1. The molecular weight excluding hydrogens is 470 g/mol. The molecule has 1 aromatic carbocycles. The predicted octanol–water partition coefficient (Wildman–Crippen LogP) is 3.76. The summed E-state index contributed by atoms with van der Waals surface area (Å²) in [4.78, 5) is 17.0. The topological polar surface area (TPSA) is 118 Å². The molecule has 0 atom stereocenters. The molecule has 0 spiro atoms. The summed E-state index contributed by atoms with van der Waals surface area (Å²) in [6.45, 7) is 1.11. The standard InChI is InChI=1S/C20H19N5O4S3/c26-17(5-6-18-23-24-19(29-18)13-7-10-30-12-13)22-20-21-15-4-3-14(11-16(15)31-20)32(27,28)25-8-1-2-9-25/h3-4,7,10-12H,1-2,5-6,8-9H2,(H,21,22,26). The number of anilines is 1. The maximum Gasteiger partial charge on any atom is 0.248 e. The molecule has 9 nitrogen and oxygen atoms in total. The Bertz CT molecular complexity index is 1360. The Balaban J connectivity index is 1.23. The van der Waals surface area contributed by atoms with Crippen molar-refractivity contribution < 1.29 is 17.6 Å². The SMILES string of the molecule is O=C(CCc1nnc(-c2ccsc2)o1)Nc1nc2ccc(S(=O)(=O)N3CCCC3)cc2s1. The first kappa shape index (κ1) is 21.2. The molecule has 0 bridgehead atoms. The zero-order valence-electron chi connectivity index (χ0n) is 16.9. The zero-order chi connectivity index (χ0) is 22.1. The molecule has 0 unspecified atom stereocenters. The van der Waals surface area contributed by atoms with Crippen LogP contribution in [0.15, 0.2) is 44.3 Å². The number of thiazole rings is 1. The van der Waals surface area contributed by atoms with Gasteiger partial charge in [-0.2, -0.15) is 15.6 Å². The van der Waals surface area contributed by atoms with Crippen molar-refractivity contribution in [3.8, 4) is 11.5 Å². The van der Waals surface area contributed by atoms with Crippen LogP contribution in [0.4, 0.5) is 5.13 Å². The second-order valence-electron chi connectivity index (χ2n) is 7.32. The van der Waals surface area contributed by atoms with Gasteiger partial charge in [0.25, 0.3) is 0 Å². The van der Waals surface area contributed by atoms with Gasteiger partial charge in [-0.25, -0.2) is 13.4 Å². The molecule has 1 saturated heterocycles. The number of thiophene rings is 1. The van der Waals surface area contributed by atoms with Gasteiger partial charge < -0.3 is 9.73 Å². The van der Waals surface area contributed by atoms with Gasteiger partial charge in [0, 0.05) is 36.9 Å². The molecular formula is C20H19N5O4S3. The summed E-state index contributed by atoms with van der Waals surface area (Å²) in [7, 11) is -3.50. The number of rotatable bonds is 7. The van der Waals surface area contributed by atoms with Gasteiger partial charge >= 0.3 is 0 Å². The highest BCUT2D eigenvalue weighted by Crippen LogP contribution is 2.30. The summed E-state index contributed by atoms with van der Waals surface area (Å²) in [6, 6.07) is 6.76. The van der Waals surface area contributed by atoms with E-state index in [1.165, 1.54) is 27.0 Å². The van der Waals surface area contributed by atoms with Gasteiger partial charge in [0.05, 0.1) is 15.1 Å². The van der Waals surface area contributed by atoms with Crippen molar-refractivity contribution in [1.29, 1.82) is 0 Å². The van der Waals surface area contributed by atoms with E-state index in [4.69, 9.17) is 4.42 Å². The minimum absolute atomic E-state index is 0.162. The molecule has 0 radical (unpaired) electrons. The van der Waals surface area contributed by atoms with E-state index < -0.39 is 10.0 Å². The summed E-state index contributed by atoms with van der Waals surface area (Å²) in [6.07, 6.45) is 2.25. The lowest BCUT2D eigenvalue weighted by atomic mass is 10.3. The van der Waals surface area contributed by atoms with Crippen LogP contribution < -0.4 is 5.32 Å². The van der Waals surface area contributed by atoms with E-state index in [1.54, 1.807) is 18.2 Å². The number of aromatic nitrogens is 3. The number of aryl methyl sites for hydroxylation is 1. The molecule has 4 heterocycles. The van der Waals surface area contributed by atoms with E-state index in [9.17, 15) is 13.2 Å². The Hall–Kier alpha value is -2.67. The van der Waals surface area contributed by atoms with Crippen molar-refractivity contribution in [3.63, 3.8) is 0 Å². The van der Waals surface area contributed by atoms with Gasteiger partial charge in [-0.05, 0) is 42.5 Å². The molecule has 166 valence electrons. The minimum Gasteiger partial charge on any atom is -0.421 e. The highest BCUT2D eigenvalue weighted by Gasteiger charge is 2.27. The van der Waals surface area contributed by atoms with Crippen LogP contribution in [-0.4, -0.2) is 46.9 Å². The molecule has 0 aliphatic carbocycles. The molecule has 12 heteroatoms. The fourth-order valence-electron chi connectivity index (χ4n) is 3.46. The number of sulfonamides is 1. The summed E-state index contributed by atoms with van der Waals surface area (Å²) in [5.74, 6) is 0.596. The zero-order valence-corrected chi connectivity index (χ0v) is 19.3. The van der Waals surface area contributed by atoms with Crippen molar-refractivity contribution in [2.24, 2.45) is 0 Å². The Morgan fingerprint density at radius 2 is 2.03 bits per heavy atom. The quantitative estimate of drug-likeness (QED) is 0.420. The van der Waals surface area contributed by atoms with Crippen LogP contribution >= 0.6 is 22.7 Å². The molecule has 32 heavy (non-hydrogen) atoms. The summed E-state index contributed by atoms with van der Waals surface area (Å²) < 4.78 is 33.4. The average molecular weight is 490 g/mol. The largest absolute Gasteiger partial charge is 0.421 e. The molecule has 0 saturated carbocycles. The molecule has 1 amide bonds. The Morgan fingerprint density at radius 1 is 1.19 bits per heavy atom. The number of hydrogen-bond acceptors (Lipinski definition) is 9. The van der Waals surface area contributed by atoms with Crippen molar-refractivity contribution in [2.45, 2.75) is 30.6 Å². The summed E-state index contributed by atoms with van der Waals surface area (Å²) >= 11 is 2.79. The van der Waals surface area contributed by atoms with Crippen molar-refractivity contribution >= 4 is 54.0 Å². The van der Waals surface area contributed by atoms with Gasteiger partial charge in [0.1, 0.15) is 0 Å². The monoisotopic (exact) mass is 489 g/mol. The Morgan fingerprint density at radius 3 is 2.81 bits per heavy atom. The van der Waals surface area contributed by atoms with E-state index in [-0.39, 0.29) is 17.2 Å². The normalized spacial score (nSPS) is 14.9. The second-order valence-corrected chi connectivity index (χ2v) is 11.1. The lowest BCUT2D eigenvalue weighted by molar-refractivity contribution is -0.116. The summed E-state index contributed by atoms with van der Waals surface area (Å²) in [5.41, 5.74) is 1.50. The van der Waals surface area contributed by atoms with Crippen LogP contribution in [0.1, 0.15) is 25.2 Å². The van der Waals surface area contributed by atoms with Crippen molar-refractivity contribution in [1.82, 2.24) is 19.5 Å². The number of nitrogens with zero attached hydrogens (tertiary/aromatic N) is 4. The predicted molar refractivity (Wildman–Crippen MR) is 122 cm³/mol. The first-order valence-corrected chi connectivity index (χ1v) is 13.2. The maximum atomic E-state index is 12.8. The Labute approximate surface area is 192 Å². The van der Waals surface area contributed by atoms with Gasteiger partial charge in [0.15, 0.2) is 5.13 Å². The number of hydrogen-bond donors (Lipinski definition) is 1. The van der Waals surface area contributed by atoms with Gasteiger partial charge in [-0.1, -0.05) is 11.3 Å². The van der Waals surface area contributed by atoms with Gasteiger partial charge in [-0.3, -0.25) is 4.79 Å². The van der Waals surface area contributed by atoms with Crippen molar-refractivity contribution in [3.05, 3.63) is 40.9 Å². The van der Waals surface area contributed by atoms with Crippen LogP contribution in [0.25, 0.3) is 21.7 Å². The molecule has 1 N–H and O–H groups in total. The van der Waals surface area contributed by atoms with E-state index >= 15 is 0 Å². The number of carbonyl (C=O) groups excluding carboxylic acids is 1. The Kier molecular flexibility index (Phi) is 5.76. The van der Waals surface area contributed by atoms with E-state index in [2.05, 4.69) is 20.5 Å². The third-order valence-corrected chi connectivity index (χ3v) is 8.62. The smallest absolute Gasteiger partial charge is 0.248 e. The van der Waals surface area contributed by atoms with Crippen LogP contribution in [0.2, 0.25) is 0 Å². The summed E-state index contributed by atoms with van der Waals surface area (Å²) in [5, 5.41) is 15.0. The number of carbonyl (C=O) groups is 1. The molecule has 5 rings (SSSR count). The third kappa shape index (κ3) is 4.31. The lowest BCUT2D eigenvalue weighted by Gasteiger charge is -2.15. The van der Waals surface area contributed by atoms with Gasteiger partial charge in [-0.15, -0.1) is 10.2 Å². The third-order valence-electron chi connectivity index (χ3n) is 5.11. The molecule has 4 aromatic rings. The number of fused-ring (bicyclic) bond motifs is 1. The minimum atomic E-state index is -3.50. The molecule has 1 aliphatic rings. The van der Waals surface area contributed by atoms with E-state index in [0.717, 1.165) is 18.4 Å². The van der Waals surface area contributed by atoms with E-state index in [1.807, 2.05) is 16.8 Å². The fraction of sp³-hybridized carbons (Fsp3) is 0.300. The molecule has 1 fully saturated rings. The molecule has 3 aromatic heterocycles. The molecule has 1 aliphatic heterocycles. The maximum absolute atomic E-state index is 12.8. The number of benzene rings is 1. The first-order chi connectivity index (χ1) is 15.5. The van der Waals surface area contributed by atoms with Crippen molar-refractivity contribution in [2.75, 3.05) is 18.4 Å². The van der Waals surface area contributed by atoms with Crippen LogP contribution in [0, 0.1) is 0 Å². The fourth-order valence-corrected chi connectivity index (χ4v) is 6.63. The van der Waals surface area contributed by atoms with Crippen LogP contribution in [-0.2, 0) is 21.2 Å².